The number of pyridine rings is 1. The van der Waals surface area contributed by atoms with Gasteiger partial charge in [-0.25, -0.2) is 9.78 Å². The van der Waals surface area contributed by atoms with E-state index in [1.54, 1.807) is 18.2 Å². The molecule has 3 aliphatic heterocycles. The van der Waals surface area contributed by atoms with Gasteiger partial charge in [-0.1, -0.05) is 12.0 Å². The second-order valence-corrected chi connectivity index (χ2v) is 7.31. The number of hydrogen-bond acceptors (Lipinski definition) is 5. The number of halogens is 3. The Morgan fingerprint density at radius 1 is 1.39 bits per heavy atom. The van der Waals surface area contributed by atoms with Crippen molar-refractivity contribution in [2.24, 2.45) is 0 Å². The summed E-state index contributed by atoms with van der Waals surface area (Å²) in [6.45, 7) is -0.101. The molecule has 0 aliphatic carbocycles. The lowest BCUT2D eigenvalue weighted by Crippen LogP contribution is -2.56. The Bertz CT molecular complexity index is 1010. The molecule has 3 amide bonds. The molecule has 1 aromatic heterocycles. The maximum Gasteiger partial charge on any atom is 0.405 e. The highest BCUT2D eigenvalue weighted by molar-refractivity contribution is 5.91. The molecule has 1 fully saturated rings. The number of urea groups is 1. The quantitative estimate of drug-likeness (QED) is 0.628. The van der Waals surface area contributed by atoms with Gasteiger partial charge in [0.05, 0.1) is 11.7 Å². The van der Waals surface area contributed by atoms with Gasteiger partial charge in [-0.15, -0.1) is 6.42 Å². The number of amides is 3. The van der Waals surface area contributed by atoms with Gasteiger partial charge in [0.1, 0.15) is 24.2 Å². The van der Waals surface area contributed by atoms with Crippen molar-refractivity contribution in [1.29, 1.82) is 0 Å². The SMILES string of the molecule is C#Cc1ccnc(NC(=O)N2C3=C(C=CC(C(=O)NCC(F)(F)F)N3)N3CCC2C3)c1. The highest BCUT2D eigenvalue weighted by Crippen LogP contribution is 2.33. The number of carbonyl (C=O) groups excluding carboxylic acids is 2. The van der Waals surface area contributed by atoms with Crippen LogP contribution in [0.4, 0.5) is 23.8 Å². The molecule has 1 aromatic rings. The van der Waals surface area contributed by atoms with E-state index in [4.69, 9.17) is 6.42 Å². The van der Waals surface area contributed by atoms with Crippen molar-refractivity contribution >= 4 is 17.8 Å². The maximum absolute atomic E-state index is 13.1. The minimum absolute atomic E-state index is 0.160. The Morgan fingerprint density at radius 3 is 2.94 bits per heavy atom. The van der Waals surface area contributed by atoms with Crippen LogP contribution in [0.5, 0.6) is 0 Å². The van der Waals surface area contributed by atoms with Gasteiger partial charge in [0.2, 0.25) is 5.91 Å². The number of aromatic nitrogens is 1. The number of dihydropyridines is 1. The number of alkyl halides is 3. The summed E-state index contributed by atoms with van der Waals surface area (Å²) in [5.74, 6) is 2.27. The number of fused-ring (bicyclic) bond motifs is 3. The van der Waals surface area contributed by atoms with Crippen molar-refractivity contribution < 1.29 is 22.8 Å². The van der Waals surface area contributed by atoms with Gasteiger partial charge in [0.25, 0.3) is 0 Å². The van der Waals surface area contributed by atoms with Crippen LogP contribution in [0, 0.1) is 12.3 Å². The fraction of sp³-hybridized carbons (Fsp3) is 0.350. The molecule has 8 nitrogen and oxygen atoms in total. The Labute approximate surface area is 176 Å². The van der Waals surface area contributed by atoms with Crippen LogP contribution >= 0.6 is 0 Å². The molecule has 11 heteroatoms. The van der Waals surface area contributed by atoms with Crippen molar-refractivity contribution in [1.82, 2.24) is 25.4 Å². The maximum atomic E-state index is 13.1. The van der Waals surface area contributed by atoms with Crippen molar-refractivity contribution in [3.8, 4) is 12.3 Å². The lowest BCUT2D eigenvalue weighted by atomic mass is 10.1. The van der Waals surface area contributed by atoms with Crippen LogP contribution in [0.3, 0.4) is 0 Å². The molecule has 162 valence electrons. The molecule has 3 N–H and O–H groups in total. The van der Waals surface area contributed by atoms with E-state index in [-0.39, 0.29) is 11.9 Å². The number of anilines is 1. The molecule has 0 aromatic carbocycles. The molecule has 0 saturated carbocycles. The molecular formula is C20H19F3N6O2. The van der Waals surface area contributed by atoms with E-state index < -0.39 is 30.7 Å². The monoisotopic (exact) mass is 432 g/mol. The summed E-state index contributed by atoms with van der Waals surface area (Å²) in [5.41, 5.74) is 1.25. The number of nitrogens with zero attached hydrogens (tertiary/aromatic N) is 3. The zero-order valence-corrected chi connectivity index (χ0v) is 16.2. The Hall–Kier alpha value is -3.68. The fourth-order valence-corrected chi connectivity index (χ4v) is 3.81. The third-order valence-electron chi connectivity index (χ3n) is 5.22. The van der Waals surface area contributed by atoms with Gasteiger partial charge >= 0.3 is 12.2 Å². The minimum Gasteiger partial charge on any atom is -0.366 e. The first-order valence-electron chi connectivity index (χ1n) is 9.56. The predicted octanol–water partition coefficient (Wildman–Crippen LogP) is 1.36. The second-order valence-electron chi connectivity index (χ2n) is 7.31. The molecule has 31 heavy (non-hydrogen) atoms. The number of nitrogens with one attached hydrogen (secondary N) is 3. The summed E-state index contributed by atoms with van der Waals surface area (Å²) in [7, 11) is 0. The summed E-state index contributed by atoms with van der Waals surface area (Å²) in [4.78, 5) is 33.0. The van der Waals surface area contributed by atoms with Crippen molar-refractivity contribution in [3.05, 3.63) is 47.6 Å². The van der Waals surface area contributed by atoms with E-state index >= 15 is 0 Å². The lowest BCUT2D eigenvalue weighted by Gasteiger charge is -2.40. The fourth-order valence-electron chi connectivity index (χ4n) is 3.81. The summed E-state index contributed by atoms with van der Waals surface area (Å²) >= 11 is 0. The molecule has 0 radical (unpaired) electrons. The van der Waals surface area contributed by atoms with E-state index in [0.717, 1.165) is 6.54 Å². The van der Waals surface area contributed by atoms with Gasteiger partial charge < -0.3 is 15.5 Å². The number of carbonyl (C=O) groups is 2. The van der Waals surface area contributed by atoms with E-state index in [1.165, 1.54) is 17.2 Å². The largest absolute Gasteiger partial charge is 0.405 e. The second kappa shape index (κ2) is 7.86. The summed E-state index contributed by atoms with van der Waals surface area (Å²) in [6.07, 6.45) is 6.19. The lowest BCUT2D eigenvalue weighted by molar-refractivity contribution is -0.138. The van der Waals surface area contributed by atoms with Gasteiger partial charge in [-0.05, 0) is 24.6 Å². The molecule has 4 rings (SSSR count). The molecular weight excluding hydrogens is 413 g/mol. The first-order valence-corrected chi connectivity index (χ1v) is 9.56. The number of terminal acetylenes is 1. The van der Waals surface area contributed by atoms with Crippen LogP contribution in [0.2, 0.25) is 0 Å². The van der Waals surface area contributed by atoms with Crippen LogP contribution in [0.25, 0.3) is 0 Å². The standard InChI is InChI=1S/C20H19F3N6O2/c1-2-12-5-7-24-16(9-12)27-19(31)29-13-6-8-28(10-13)15-4-3-14(26-17(15)29)18(30)25-11-20(21,22)23/h1,3-5,7,9,13-14,26H,6,8,10-11H2,(H,25,30)(H,24,27,31). The molecule has 2 bridgehead atoms. The zero-order chi connectivity index (χ0) is 22.2. The van der Waals surface area contributed by atoms with E-state index in [0.29, 0.717) is 30.0 Å². The van der Waals surface area contributed by atoms with Crippen molar-refractivity contribution in [3.63, 3.8) is 0 Å². The molecule has 1 saturated heterocycles. The molecule has 3 aliphatic rings. The number of rotatable bonds is 3. The summed E-state index contributed by atoms with van der Waals surface area (Å²) < 4.78 is 37.3. The van der Waals surface area contributed by atoms with Gasteiger partial charge in [-0.2, -0.15) is 13.2 Å². The summed E-state index contributed by atoms with van der Waals surface area (Å²) in [6, 6.07) is 1.51. The molecule has 2 atom stereocenters. The van der Waals surface area contributed by atoms with Crippen LogP contribution in [0.1, 0.15) is 12.0 Å². The molecule has 0 spiro atoms. The topological polar surface area (TPSA) is 89.6 Å². The molecule has 2 unspecified atom stereocenters. The van der Waals surface area contributed by atoms with Gasteiger partial charge in [0, 0.05) is 24.8 Å². The smallest absolute Gasteiger partial charge is 0.366 e. The minimum atomic E-state index is -4.51. The Morgan fingerprint density at radius 2 is 2.19 bits per heavy atom. The van der Waals surface area contributed by atoms with Crippen LogP contribution in [-0.2, 0) is 4.79 Å². The Balaban J connectivity index is 1.54. The normalized spacial score (nSPS) is 21.9. The zero-order valence-electron chi connectivity index (χ0n) is 16.2. The number of allylic oxidation sites excluding steroid dienone is 1. The number of hydrogen-bond donors (Lipinski definition) is 3. The van der Waals surface area contributed by atoms with E-state index in [1.807, 2.05) is 5.32 Å². The van der Waals surface area contributed by atoms with E-state index in [2.05, 4.69) is 26.4 Å². The highest BCUT2D eigenvalue weighted by atomic mass is 19.4. The molecule has 4 heterocycles. The predicted molar refractivity (Wildman–Crippen MR) is 105 cm³/mol. The first kappa shape index (κ1) is 20.6. The van der Waals surface area contributed by atoms with E-state index in [9.17, 15) is 22.8 Å². The Kier molecular flexibility index (Phi) is 5.22. The van der Waals surface area contributed by atoms with Gasteiger partial charge in [-0.3, -0.25) is 15.0 Å². The average Bonchev–Trinajstić information content (AvgIpc) is 3.15. The van der Waals surface area contributed by atoms with Crippen molar-refractivity contribution in [2.75, 3.05) is 25.0 Å². The van der Waals surface area contributed by atoms with Crippen LogP contribution in [0.15, 0.2) is 42.0 Å². The third kappa shape index (κ3) is 4.28. The summed E-state index contributed by atoms with van der Waals surface area (Å²) in [5, 5.41) is 7.48. The third-order valence-corrected chi connectivity index (χ3v) is 5.22. The van der Waals surface area contributed by atoms with Crippen molar-refractivity contribution in [2.45, 2.75) is 24.7 Å². The average molecular weight is 432 g/mol. The first-order chi connectivity index (χ1) is 14.7. The van der Waals surface area contributed by atoms with Crippen LogP contribution < -0.4 is 16.0 Å². The van der Waals surface area contributed by atoms with Crippen LogP contribution in [-0.4, -0.2) is 64.6 Å². The highest BCUT2D eigenvalue weighted by Gasteiger charge is 2.42. The van der Waals surface area contributed by atoms with Gasteiger partial charge in [0.15, 0.2) is 0 Å².